The molecule has 2 rings (SSSR count). The van der Waals surface area contributed by atoms with Crippen LogP contribution in [0.4, 0.5) is 29.3 Å². The van der Waals surface area contributed by atoms with Gasteiger partial charge in [0, 0.05) is 23.9 Å². The number of alkyl halides is 3. The Hall–Kier alpha value is -3.36. The number of carbonyl (C=O) groups is 2. The molecule has 0 aliphatic carbocycles. The summed E-state index contributed by atoms with van der Waals surface area (Å²) in [4.78, 5) is 25.4. The monoisotopic (exact) mass is 477 g/mol. The molecule has 1 unspecified atom stereocenters. The van der Waals surface area contributed by atoms with Crippen LogP contribution < -0.4 is 10.6 Å². The van der Waals surface area contributed by atoms with E-state index in [1.807, 2.05) is 0 Å². The molecule has 34 heavy (non-hydrogen) atoms. The first-order valence-electron chi connectivity index (χ1n) is 10.9. The molecule has 184 valence electrons. The van der Waals surface area contributed by atoms with Crippen molar-refractivity contribution in [1.82, 2.24) is 0 Å². The highest BCUT2D eigenvalue weighted by molar-refractivity contribution is 6.00. The van der Waals surface area contributed by atoms with E-state index in [1.54, 1.807) is 52.8 Å². The summed E-state index contributed by atoms with van der Waals surface area (Å²) in [7, 11) is 0. The van der Waals surface area contributed by atoms with Gasteiger partial charge >= 0.3 is 12.3 Å². The molecule has 2 aromatic carbocycles. The molecule has 0 radical (unpaired) electrons. The molecule has 3 N–H and O–H groups in total. The fourth-order valence-corrected chi connectivity index (χ4v) is 3.62. The summed E-state index contributed by atoms with van der Waals surface area (Å²) in [6.45, 7) is 8.59. The van der Waals surface area contributed by atoms with Gasteiger partial charge in [0.05, 0.1) is 11.3 Å². The standard InChI is InChI=1S/C25H30F3N3O3/c1-6-21(32)24(7-2,16-11-13-17(14-12-16)25(26,27)28)31-20-10-8-9-19(18(20)15-29)30-22(33)34-23(3,4)5/h8-15,29,31H,6-7H2,1-5H3,(H,30,33). The molecule has 0 aromatic heterocycles. The lowest BCUT2D eigenvalue weighted by Gasteiger charge is -2.35. The fourth-order valence-electron chi connectivity index (χ4n) is 3.62. The lowest BCUT2D eigenvalue weighted by molar-refractivity contribution is -0.137. The lowest BCUT2D eigenvalue weighted by Crippen LogP contribution is -2.43. The molecule has 0 aliphatic heterocycles. The molecule has 0 heterocycles. The largest absolute Gasteiger partial charge is 0.444 e. The van der Waals surface area contributed by atoms with Crippen molar-refractivity contribution in [1.29, 1.82) is 5.41 Å². The van der Waals surface area contributed by atoms with Gasteiger partial charge in [-0.15, -0.1) is 0 Å². The summed E-state index contributed by atoms with van der Waals surface area (Å²) in [6, 6.07) is 9.33. The second kappa shape index (κ2) is 10.3. The summed E-state index contributed by atoms with van der Waals surface area (Å²) >= 11 is 0. The molecule has 0 fully saturated rings. The van der Waals surface area contributed by atoms with Crippen LogP contribution in [0.3, 0.4) is 0 Å². The molecule has 2 aromatic rings. The van der Waals surface area contributed by atoms with E-state index in [-0.39, 0.29) is 24.3 Å². The Labute approximate surface area is 197 Å². The van der Waals surface area contributed by atoms with E-state index in [1.165, 1.54) is 12.1 Å². The van der Waals surface area contributed by atoms with Gasteiger partial charge in [0.2, 0.25) is 0 Å². The first-order chi connectivity index (χ1) is 15.8. The minimum Gasteiger partial charge on any atom is -0.444 e. The Morgan fingerprint density at radius 3 is 2.00 bits per heavy atom. The van der Waals surface area contributed by atoms with Gasteiger partial charge in [-0.25, -0.2) is 4.79 Å². The molecule has 0 bridgehead atoms. The number of amides is 1. The Bertz CT molecular complexity index is 1040. The molecule has 6 nitrogen and oxygen atoms in total. The van der Waals surface area contributed by atoms with Crippen LogP contribution in [0.5, 0.6) is 0 Å². The maximum absolute atomic E-state index is 13.1. The van der Waals surface area contributed by atoms with Crippen molar-refractivity contribution < 1.29 is 27.5 Å². The Morgan fingerprint density at radius 1 is 0.971 bits per heavy atom. The molecule has 0 saturated carbocycles. The van der Waals surface area contributed by atoms with Gasteiger partial charge in [0.15, 0.2) is 5.78 Å². The van der Waals surface area contributed by atoms with Crippen LogP contribution in [0.1, 0.15) is 64.2 Å². The number of nitrogens with one attached hydrogen (secondary N) is 3. The van der Waals surface area contributed by atoms with E-state index >= 15 is 0 Å². The molecule has 0 saturated heterocycles. The first kappa shape index (κ1) is 26.9. The average molecular weight is 478 g/mol. The van der Waals surface area contributed by atoms with Crippen LogP contribution in [0.2, 0.25) is 0 Å². The summed E-state index contributed by atoms with van der Waals surface area (Å²) in [5.41, 5.74) is -1.55. The van der Waals surface area contributed by atoms with E-state index in [4.69, 9.17) is 10.1 Å². The third-order valence-corrected chi connectivity index (χ3v) is 5.27. The van der Waals surface area contributed by atoms with Crippen LogP contribution in [-0.4, -0.2) is 23.7 Å². The predicted molar refractivity (Wildman–Crippen MR) is 127 cm³/mol. The molecule has 0 aliphatic rings. The van der Waals surface area contributed by atoms with Crippen LogP contribution >= 0.6 is 0 Å². The minimum absolute atomic E-state index is 0.137. The van der Waals surface area contributed by atoms with E-state index in [9.17, 15) is 22.8 Å². The van der Waals surface area contributed by atoms with Gasteiger partial charge in [-0.2, -0.15) is 13.2 Å². The maximum Gasteiger partial charge on any atom is 0.416 e. The third-order valence-electron chi connectivity index (χ3n) is 5.27. The second-order valence-corrected chi connectivity index (χ2v) is 8.77. The summed E-state index contributed by atoms with van der Waals surface area (Å²) in [5.74, 6) is -0.226. The number of ketones is 1. The molecule has 1 atom stereocenters. The molecule has 9 heteroatoms. The SMILES string of the molecule is CCC(=O)C(CC)(Nc1cccc(NC(=O)OC(C)(C)C)c1C=N)c1ccc(C(F)(F)F)cc1. The number of ether oxygens (including phenoxy) is 1. The quantitative estimate of drug-likeness (QED) is 0.367. The predicted octanol–water partition coefficient (Wildman–Crippen LogP) is 6.75. The number of Topliss-reactive ketones (excluding diaryl/α,β-unsaturated/α-hetero) is 1. The molecular weight excluding hydrogens is 447 g/mol. The van der Waals surface area contributed by atoms with Crippen molar-refractivity contribution in [2.45, 2.75) is 64.8 Å². The van der Waals surface area contributed by atoms with E-state index in [0.717, 1.165) is 18.3 Å². The lowest BCUT2D eigenvalue weighted by atomic mass is 9.81. The Kier molecular flexibility index (Phi) is 8.13. The van der Waals surface area contributed by atoms with Gasteiger partial charge in [-0.05, 0) is 57.0 Å². The maximum atomic E-state index is 13.1. The minimum atomic E-state index is -4.50. The Balaban J connectivity index is 2.53. The number of halogens is 3. The first-order valence-corrected chi connectivity index (χ1v) is 10.9. The van der Waals surface area contributed by atoms with E-state index in [0.29, 0.717) is 16.8 Å². The van der Waals surface area contributed by atoms with Crippen molar-refractivity contribution in [3.05, 3.63) is 59.2 Å². The van der Waals surface area contributed by atoms with Crippen molar-refractivity contribution >= 4 is 29.5 Å². The number of anilines is 2. The van der Waals surface area contributed by atoms with Crippen LogP contribution in [0, 0.1) is 5.41 Å². The molecular formula is C25H30F3N3O3. The van der Waals surface area contributed by atoms with Crippen LogP contribution in [0.15, 0.2) is 42.5 Å². The second-order valence-electron chi connectivity index (χ2n) is 8.77. The zero-order valence-electron chi connectivity index (χ0n) is 19.9. The number of benzene rings is 2. The van der Waals surface area contributed by atoms with Crippen molar-refractivity contribution in [3.8, 4) is 0 Å². The van der Waals surface area contributed by atoms with E-state index < -0.39 is 29.0 Å². The third kappa shape index (κ3) is 6.15. The van der Waals surface area contributed by atoms with Crippen molar-refractivity contribution in [2.75, 3.05) is 10.6 Å². The number of rotatable bonds is 8. The topological polar surface area (TPSA) is 91.3 Å². The van der Waals surface area contributed by atoms with Gasteiger partial charge in [0.25, 0.3) is 0 Å². The highest BCUT2D eigenvalue weighted by atomic mass is 19.4. The number of hydrogen-bond donors (Lipinski definition) is 3. The van der Waals surface area contributed by atoms with Gasteiger partial charge in [0.1, 0.15) is 11.1 Å². The number of hydrogen-bond acceptors (Lipinski definition) is 5. The van der Waals surface area contributed by atoms with Gasteiger partial charge < -0.3 is 15.5 Å². The van der Waals surface area contributed by atoms with Crippen molar-refractivity contribution in [2.24, 2.45) is 0 Å². The smallest absolute Gasteiger partial charge is 0.416 e. The number of carbonyl (C=O) groups excluding carboxylic acids is 2. The van der Waals surface area contributed by atoms with Gasteiger partial charge in [-0.3, -0.25) is 10.1 Å². The highest BCUT2D eigenvalue weighted by Gasteiger charge is 2.39. The zero-order valence-corrected chi connectivity index (χ0v) is 19.9. The normalized spacial score (nSPS) is 13.5. The van der Waals surface area contributed by atoms with Crippen LogP contribution in [0.25, 0.3) is 0 Å². The van der Waals surface area contributed by atoms with E-state index in [2.05, 4.69) is 10.6 Å². The molecule has 1 amide bonds. The summed E-state index contributed by atoms with van der Waals surface area (Å²) < 4.78 is 44.5. The summed E-state index contributed by atoms with van der Waals surface area (Å²) in [5, 5.41) is 13.7. The van der Waals surface area contributed by atoms with Crippen molar-refractivity contribution in [3.63, 3.8) is 0 Å². The zero-order chi connectivity index (χ0) is 25.7. The molecule has 0 spiro atoms. The van der Waals surface area contributed by atoms with Crippen LogP contribution in [-0.2, 0) is 21.2 Å². The average Bonchev–Trinajstić information content (AvgIpc) is 2.75. The van der Waals surface area contributed by atoms with Gasteiger partial charge in [-0.1, -0.05) is 32.0 Å². The summed E-state index contributed by atoms with van der Waals surface area (Å²) in [6.07, 6.45) is -3.80. The fraction of sp³-hybridized carbons (Fsp3) is 0.400. The Morgan fingerprint density at radius 2 is 1.53 bits per heavy atom. The highest BCUT2D eigenvalue weighted by Crippen LogP contribution is 2.37.